The van der Waals surface area contributed by atoms with E-state index < -0.39 is 0 Å². The van der Waals surface area contributed by atoms with Crippen LogP contribution in [0.1, 0.15) is 20.8 Å². The van der Waals surface area contributed by atoms with E-state index in [1.165, 1.54) is 6.92 Å². The monoisotopic (exact) mass is 207 g/mol. The minimum absolute atomic E-state index is 0.00251. The van der Waals surface area contributed by atoms with Crippen molar-refractivity contribution in [2.24, 2.45) is 0 Å². The lowest BCUT2D eigenvalue weighted by molar-refractivity contribution is -0.120. The first-order valence-corrected chi connectivity index (χ1v) is 5.08. The molecule has 0 aliphatic carbocycles. The average Bonchev–Trinajstić information content (AvgIpc) is 2.18. The van der Waals surface area contributed by atoms with Crippen LogP contribution >= 0.6 is 0 Å². The van der Waals surface area contributed by atoms with Crippen molar-refractivity contribution in [2.75, 3.05) is 0 Å². The molecule has 0 aliphatic rings. The topological polar surface area (TPSA) is 38.3 Å². The first kappa shape index (κ1) is 11.6. The van der Waals surface area contributed by atoms with Crippen molar-refractivity contribution in [1.29, 1.82) is 0 Å². The minimum atomic E-state index is -0.0451. The highest BCUT2D eigenvalue weighted by molar-refractivity contribution is 5.73. The highest BCUT2D eigenvalue weighted by Gasteiger charge is 2.14. The number of carbonyl (C=O) groups is 1. The van der Waals surface area contributed by atoms with Gasteiger partial charge in [-0.1, -0.05) is 18.2 Å². The molecule has 0 radical (unpaired) electrons. The fraction of sp³-hybridized carbons (Fsp3) is 0.417. The SMILES string of the molecule is CC(=O)N[C@@H](C)[C@H](C)Oc1ccccc1. The van der Waals surface area contributed by atoms with Gasteiger partial charge in [0.25, 0.3) is 0 Å². The van der Waals surface area contributed by atoms with Gasteiger partial charge in [0.15, 0.2) is 0 Å². The molecule has 3 nitrogen and oxygen atoms in total. The maximum absolute atomic E-state index is 10.8. The second-order valence-corrected chi connectivity index (χ2v) is 3.63. The number of hydrogen-bond donors (Lipinski definition) is 1. The number of ether oxygens (including phenoxy) is 1. The Morgan fingerprint density at radius 2 is 1.87 bits per heavy atom. The van der Waals surface area contributed by atoms with Crippen molar-refractivity contribution < 1.29 is 9.53 Å². The fourth-order valence-corrected chi connectivity index (χ4v) is 1.25. The molecule has 2 atom stereocenters. The zero-order chi connectivity index (χ0) is 11.3. The second-order valence-electron chi connectivity index (χ2n) is 3.63. The Morgan fingerprint density at radius 3 is 2.40 bits per heavy atom. The van der Waals surface area contributed by atoms with Crippen molar-refractivity contribution in [3.05, 3.63) is 30.3 Å². The van der Waals surface area contributed by atoms with Crippen LogP contribution in [0.15, 0.2) is 30.3 Å². The number of rotatable bonds is 4. The number of amides is 1. The Balaban J connectivity index is 2.48. The predicted octanol–water partition coefficient (Wildman–Crippen LogP) is 1.98. The largest absolute Gasteiger partial charge is 0.489 e. The van der Waals surface area contributed by atoms with Gasteiger partial charge in [0.2, 0.25) is 5.91 Å². The van der Waals surface area contributed by atoms with Crippen LogP contribution in [-0.4, -0.2) is 18.1 Å². The molecule has 0 fully saturated rings. The van der Waals surface area contributed by atoms with Crippen LogP contribution in [-0.2, 0) is 4.79 Å². The molecule has 1 amide bonds. The highest BCUT2D eigenvalue weighted by Crippen LogP contribution is 2.12. The molecule has 0 aromatic heterocycles. The third-order valence-electron chi connectivity index (χ3n) is 2.20. The van der Waals surface area contributed by atoms with Gasteiger partial charge >= 0.3 is 0 Å². The van der Waals surface area contributed by atoms with Gasteiger partial charge in [-0.3, -0.25) is 4.79 Å². The van der Waals surface area contributed by atoms with Crippen LogP contribution in [0, 0.1) is 0 Å². The van der Waals surface area contributed by atoms with Gasteiger partial charge in [-0.05, 0) is 26.0 Å². The van der Waals surface area contributed by atoms with E-state index in [1.54, 1.807) is 0 Å². The average molecular weight is 207 g/mol. The first-order valence-electron chi connectivity index (χ1n) is 5.08. The lowest BCUT2D eigenvalue weighted by atomic mass is 10.2. The normalized spacial score (nSPS) is 14.1. The summed E-state index contributed by atoms with van der Waals surface area (Å²) in [6.45, 7) is 5.37. The molecule has 0 saturated carbocycles. The highest BCUT2D eigenvalue weighted by atomic mass is 16.5. The molecule has 82 valence electrons. The molecule has 1 aromatic rings. The summed E-state index contributed by atoms with van der Waals surface area (Å²) in [6, 6.07) is 9.58. The van der Waals surface area contributed by atoms with Crippen molar-refractivity contribution in [3.8, 4) is 5.75 Å². The lowest BCUT2D eigenvalue weighted by Crippen LogP contribution is -2.41. The first-order chi connectivity index (χ1) is 7.09. The van der Waals surface area contributed by atoms with Crippen molar-refractivity contribution >= 4 is 5.91 Å². The smallest absolute Gasteiger partial charge is 0.217 e. The molecule has 0 spiro atoms. The lowest BCUT2D eigenvalue weighted by Gasteiger charge is -2.21. The maximum atomic E-state index is 10.8. The van der Waals surface area contributed by atoms with E-state index in [1.807, 2.05) is 44.2 Å². The maximum Gasteiger partial charge on any atom is 0.217 e. The molecule has 1 rings (SSSR count). The van der Waals surface area contributed by atoms with Gasteiger partial charge in [0.1, 0.15) is 11.9 Å². The summed E-state index contributed by atoms with van der Waals surface area (Å²) in [6.07, 6.45) is -0.0451. The van der Waals surface area contributed by atoms with E-state index in [9.17, 15) is 4.79 Å². The fourth-order valence-electron chi connectivity index (χ4n) is 1.25. The van der Waals surface area contributed by atoms with Gasteiger partial charge in [-0.15, -0.1) is 0 Å². The van der Waals surface area contributed by atoms with Crippen LogP contribution in [0.4, 0.5) is 0 Å². The van der Waals surface area contributed by atoms with Gasteiger partial charge in [-0.2, -0.15) is 0 Å². The number of para-hydroxylation sites is 1. The second kappa shape index (κ2) is 5.39. The summed E-state index contributed by atoms with van der Waals surface area (Å²) in [5, 5.41) is 2.80. The Labute approximate surface area is 90.4 Å². The van der Waals surface area contributed by atoms with Crippen LogP contribution in [0.2, 0.25) is 0 Å². The summed E-state index contributed by atoms with van der Waals surface area (Å²) in [7, 11) is 0. The molecule has 0 saturated heterocycles. The third kappa shape index (κ3) is 4.02. The van der Waals surface area contributed by atoms with Crippen molar-refractivity contribution in [1.82, 2.24) is 5.32 Å². The molecule has 1 aromatic carbocycles. The van der Waals surface area contributed by atoms with Gasteiger partial charge in [-0.25, -0.2) is 0 Å². The minimum Gasteiger partial charge on any atom is -0.489 e. The zero-order valence-corrected chi connectivity index (χ0v) is 9.36. The van der Waals surface area contributed by atoms with Crippen LogP contribution in [0.5, 0.6) is 5.75 Å². The van der Waals surface area contributed by atoms with E-state index in [2.05, 4.69) is 5.32 Å². The van der Waals surface area contributed by atoms with E-state index in [0.29, 0.717) is 0 Å². The molecule has 0 aliphatic heterocycles. The van der Waals surface area contributed by atoms with Crippen molar-refractivity contribution in [2.45, 2.75) is 32.9 Å². The summed E-state index contributed by atoms with van der Waals surface area (Å²) in [5.74, 6) is 0.785. The van der Waals surface area contributed by atoms with E-state index in [-0.39, 0.29) is 18.1 Å². The summed E-state index contributed by atoms with van der Waals surface area (Å²) >= 11 is 0. The van der Waals surface area contributed by atoms with E-state index in [0.717, 1.165) is 5.75 Å². The van der Waals surface area contributed by atoms with E-state index in [4.69, 9.17) is 4.74 Å². The molecule has 0 heterocycles. The quantitative estimate of drug-likeness (QED) is 0.819. The molecule has 1 N–H and O–H groups in total. The summed E-state index contributed by atoms with van der Waals surface area (Å²) < 4.78 is 5.66. The predicted molar refractivity (Wildman–Crippen MR) is 59.8 cm³/mol. The van der Waals surface area contributed by atoms with Crippen LogP contribution < -0.4 is 10.1 Å². The number of carbonyl (C=O) groups excluding carboxylic acids is 1. The van der Waals surface area contributed by atoms with Crippen molar-refractivity contribution in [3.63, 3.8) is 0 Å². The van der Waals surface area contributed by atoms with E-state index >= 15 is 0 Å². The molecule has 15 heavy (non-hydrogen) atoms. The van der Waals surface area contributed by atoms with Gasteiger partial charge < -0.3 is 10.1 Å². The number of hydrogen-bond acceptors (Lipinski definition) is 2. The molecule has 0 bridgehead atoms. The summed E-state index contributed by atoms with van der Waals surface area (Å²) in [5.41, 5.74) is 0. The molecule has 0 unspecified atom stereocenters. The third-order valence-corrected chi connectivity index (χ3v) is 2.20. The van der Waals surface area contributed by atoms with Gasteiger partial charge in [0.05, 0.1) is 6.04 Å². The number of nitrogens with one attached hydrogen (secondary N) is 1. The number of benzene rings is 1. The van der Waals surface area contributed by atoms with Crippen LogP contribution in [0.25, 0.3) is 0 Å². The standard InChI is InChI=1S/C12H17NO2/c1-9(13-11(3)14)10(2)15-12-7-5-4-6-8-12/h4-10H,1-3H3,(H,13,14)/t9-,10-/m0/s1. The molecule has 3 heteroatoms. The Hall–Kier alpha value is -1.51. The van der Waals surface area contributed by atoms with Gasteiger partial charge in [0, 0.05) is 6.92 Å². The van der Waals surface area contributed by atoms with Crippen LogP contribution in [0.3, 0.4) is 0 Å². The zero-order valence-electron chi connectivity index (χ0n) is 9.36. The Morgan fingerprint density at radius 1 is 1.27 bits per heavy atom. The Bertz CT molecular complexity index is 311. The summed E-state index contributed by atoms with van der Waals surface area (Å²) in [4.78, 5) is 10.8. The Kier molecular flexibility index (Phi) is 4.16. The molecular formula is C12H17NO2. The molecular weight excluding hydrogens is 190 g/mol.